The maximum atomic E-state index is 12.6. The van der Waals surface area contributed by atoms with Gasteiger partial charge in [0.2, 0.25) is 0 Å². The third-order valence-electron chi connectivity index (χ3n) is 3.11. The van der Waals surface area contributed by atoms with E-state index in [1.165, 1.54) is 12.1 Å². The molecule has 0 spiro atoms. The molecule has 0 aromatic heterocycles. The number of rotatable bonds is 2. The molecular formula is C12H14F3NOS. The summed E-state index contributed by atoms with van der Waals surface area (Å²) in [4.78, 5) is -0.0862. The molecule has 1 atom stereocenters. The highest BCUT2D eigenvalue weighted by Crippen LogP contribution is 2.34. The zero-order valence-corrected chi connectivity index (χ0v) is 10.5. The van der Waals surface area contributed by atoms with Crippen molar-refractivity contribution >= 4 is 10.8 Å². The number of hydrogen-bond acceptors (Lipinski definition) is 2. The second kappa shape index (κ2) is 5.40. The average Bonchev–Trinajstić information content (AvgIpc) is 2.38. The molecule has 0 radical (unpaired) electrons. The van der Waals surface area contributed by atoms with Crippen LogP contribution in [0.25, 0.3) is 0 Å². The lowest BCUT2D eigenvalue weighted by atomic mass is 9.90. The van der Waals surface area contributed by atoms with Gasteiger partial charge in [0.05, 0.1) is 4.90 Å². The topological polar surface area (TPSA) is 29.1 Å². The number of halogens is 3. The van der Waals surface area contributed by atoms with E-state index in [2.05, 4.69) is 5.32 Å². The minimum Gasteiger partial charge on any atom is -0.317 e. The molecule has 2 rings (SSSR count). The summed E-state index contributed by atoms with van der Waals surface area (Å²) in [6, 6.07) is 6.19. The maximum absolute atomic E-state index is 12.6. The van der Waals surface area contributed by atoms with Crippen molar-refractivity contribution in [1.29, 1.82) is 0 Å². The smallest absolute Gasteiger partial charge is 0.317 e. The van der Waals surface area contributed by atoms with Gasteiger partial charge in [0.25, 0.3) is 0 Å². The molecule has 6 heteroatoms. The van der Waals surface area contributed by atoms with Crippen LogP contribution >= 0.6 is 0 Å². The first-order valence-electron chi connectivity index (χ1n) is 5.78. The van der Waals surface area contributed by atoms with Crippen molar-refractivity contribution in [3.63, 3.8) is 0 Å². The molecule has 0 saturated carbocycles. The van der Waals surface area contributed by atoms with Crippen LogP contribution in [0, 0.1) is 0 Å². The Hall–Kier alpha value is -0.880. The summed E-state index contributed by atoms with van der Waals surface area (Å²) < 4.78 is 49.2. The lowest BCUT2D eigenvalue weighted by molar-refractivity contribution is -0.0385. The van der Waals surface area contributed by atoms with Crippen LogP contribution in [-0.2, 0) is 10.8 Å². The summed E-state index contributed by atoms with van der Waals surface area (Å²) in [5.74, 6) is 0.0637. The van der Waals surface area contributed by atoms with Gasteiger partial charge in [-0.05, 0) is 43.5 Å². The summed E-state index contributed by atoms with van der Waals surface area (Å²) in [6.45, 7) is 1.58. The van der Waals surface area contributed by atoms with Crippen molar-refractivity contribution in [3.05, 3.63) is 29.8 Å². The first kappa shape index (κ1) is 13.5. The van der Waals surface area contributed by atoms with Gasteiger partial charge < -0.3 is 5.32 Å². The van der Waals surface area contributed by atoms with Gasteiger partial charge in [0.1, 0.15) is 0 Å². The van der Waals surface area contributed by atoms with E-state index in [4.69, 9.17) is 0 Å². The van der Waals surface area contributed by atoms with Gasteiger partial charge in [-0.15, -0.1) is 0 Å². The third kappa shape index (κ3) is 2.92. The van der Waals surface area contributed by atoms with Gasteiger partial charge in [-0.3, -0.25) is 0 Å². The highest BCUT2D eigenvalue weighted by atomic mass is 32.2. The molecule has 1 aliphatic rings. The minimum atomic E-state index is -4.69. The Morgan fingerprint density at radius 3 is 2.39 bits per heavy atom. The van der Waals surface area contributed by atoms with Crippen LogP contribution in [0.5, 0.6) is 0 Å². The Kier molecular flexibility index (Phi) is 4.07. The van der Waals surface area contributed by atoms with E-state index < -0.39 is 16.3 Å². The average molecular weight is 277 g/mol. The Morgan fingerprint density at radius 1 is 1.17 bits per heavy atom. The number of alkyl halides is 3. The monoisotopic (exact) mass is 277 g/mol. The molecule has 0 aliphatic carbocycles. The molecule has 1 aromatic rings. The summed E-state index contributed by atoms with van der Waals surface area (Å²) in [6.07, 6.45) is 1.57. The molecule has 1 aromatic carbocycles. The van der Waals surface area contributed by atoms with E-state index in [9.17, 15) is 17.4 Å². The van der Waals surface area contributed by atoms with Gasteiger partial charge in [0.15, 0.2) is 10.8 Å². The van der Waals surface area contributed by atoms with E-state index in [0.29, 0.717) is 5.56 Å². The second-order valence-corrected chi connectivity index (χ2v) is 5.72. The molecule has 1 unspecified atom stereocenters. The number of piperidine rings is 1. The molecule has 0 amide bonds. The summed E-state index contributed by atoms with van der Waals surface area (Å²) in [5.41, 5.74) is -4.11. The van der Waals surface area contributed by atoms with Gasteiger partial charge in [-0.25, -0.2) is 4.21 Å². The van der Waals surface area contributed by atoms with Crippen LogP contribution in [0.3, 0.4) is 0 Å². The Balaban J connectivity index is 2.33. The van der Waals surface area contributed by atoms with E-state index in [-0.39, 0.29) is 10.8 Å². The summed E-state index contributed by atoms with van der Waals surface area (Å²) in [5, 5.41) is 3.17. The Morgan fingerprint density at radius 2 is 1.78 bits per heavy atom. The van der Waals surface area contributed by atoms with Crippen molar-refractivity contribution in [3.8, 4) is 0 Å². The molecule has 0 bridgehead atoms. The van der Waals surface area contributed by atoms with Crippen molar-refractivity contribution in [2.24, 2.45) is 0 Å². The van der Waals surface area contributed by atoms with Gasteiger partial charge in [0, 0.05) is 0 Å². The quantitative estimate of drug-likeness (QED) is 0.900. The zero-order chi connectivity index (χ0) is 13.2. The summed E-state index contributed by atoms with van der Waals surface area (Å²) in [7, 11) is -2.93. The van der Waals surface area contributed by atoms with Crippen LogP contribution in [-0.4, -0.2) is 22.8 Å². The molecule has 2 nitrogen and oxygen atoms in total. The van der Waals surface area contributed by atoms with Gasteiger partial charge in [-0.1, -0.05) is 18.2 Å². The molecule has 1 N–H and O–H groups in total. The van der Waals surface area contributed by atoms with E-state index >= 15 is 0 Å². The fourth-order valence-electron chi connectivity index (χ4n) is 2.24. The highest BCUT2D eigenvalue weighted by Gasteiger charge is 2.39. The predicted molar refractivity (Wildman–Crippen MR) is 63.8 cm³/mol. The molecule has 18 heavy (non-hydrogen) atoms. The normalized spacial score (nSPS) is 19.7. The van der Waals surface area contributed by atoms with Crippen LogP contribution in [0.1, 0.15) is 24.3 Å². The standard InChI is InChI=1S/C12H14F3NOS/c13-12(14,15)18(17)11-4-2-1-3-10(11)9-5-7-16-8-6-9/h1-4,9,16H,5-8H2. The van der Waals surface area contributed by atoms with E-state index in [1.807, 2.05) is 0 Å². The first-order chi connectivity index (χ1) is 8.50. The molecular weight excluding hydrogens is 263 g/mol. The fraction of sp³-hybridized carbons (Fsp3) is 0.500. The van der Waals surface area contributed by atoms with Crippen molar-refractivity contribution < 1.29 is 17.4 Å². The summed E-state index contributed by atoms with van der Waals surface area (Å²) >= 11 is 0. The molecule has 1 fully saturated rings. The fourth-order valence-corrected chi connectivity index (χ4v) is 3.14. The largest absolute Gasteiger partial charge is 0.475 e. The van der Waals surface area contributed by atoms with Crippen LogP contribution < -0.4 is 5.32 Å². The molecule has 1 saturated heterocycles. The second-order valence-electron chi connectivity index (χ2n) is 4.28. The lowest BCUT2D eigenvalue weighted by Gasteiger charge is -2.25. The molecule has 1 heterocycles. The number of hydrogen-bond donors (Lipinski definition) is 1. The van der Waals surface area contributed by atoms with Crippen molar-refractivity contribution in [1.82, 2.24) is 5.32 Å². The van der Waals surface area contributed by atoms with Crippen LogP contribution in [0.15, 0.2) is 29.2 Å². The molecule has 1 aliphatic heterocycles. The Labute approximate surface area is 106 Å². The number of benzene rings is 1. The van der Waals surface area contributed by atoms with Crippen LogP contribution in [0.2, 0.25) is 0 Å². The lowest BCUT2D eigenvalue weighted by Crippen LogP contribution is -2.27. The van der Waals surface area contributed by atoms with Crippen molar-refractivity contribution in [2.45, 2.75) is 29.2 Å². The predicted octanol–water partition coefficient (Wildman–Crippen LogP) is 2.78. The highest BCUT2D eigenvalue weighted by molar-refractivity contribution is 7.86. The minimum absolute atomic E-state index is 0.0637. The number of nitrogens with one attached hydrogen (secondary N) is 1. The van der Waals surface area contributed by atoms with Gasteiger partial charge in [-0.2, -0.15) is 13.2 Å². The van der Waals surface area contributed by atoms with Crippen LogP contribution in [0.4, 0.5) is 13.2 Å². The SMILES string of the molecule is O=S(c1ccccc1C1CCNCC1)C(F)(F)F. The maximum Gasteiger partial charge on any atom is 0.475 e. The molecule has 100 valence electrons. The van der Waals surface area contributed by atoms with Gasteiger partial charge >= 0.3 is 5.51 Å². The third-order valence-corrected chi connectivity index (χ3v) is 4.30. The zero-order valence-electron chi connectivity index (χ0n) is 9.67. The van der Waals surface area contributed by atoms with E-state index in [0.717, 1.165) is 25.9 Å². The van der Waals surface area contributed by atoms with Crippen molar-refractivity contribution in [2.75, 3.05) is 13.1 Å². The first-order valence-corrected chi connectivity index (χ1v) is 6.93. The van der Waals surface area contributed by atoms with E-state index in [1.54, 1.807) is 12.1 Å². The Bertz CT molecular complexity index is 441.